The fourth-order valence-corrected chi connectivity index (χ4v) is 1.53. The Hall–Kier alpha value is -0.840. The molecule has 94 valence electrons. The molecule has 0 aromatic rings. The van der Waals surface area contributed by atoms with Gasteiger partial charge in [0.15, 0.2) is 0 Å². The second-order valence-corrected chi connectivity index (χ2v) is 4.27. The molecule has 0 aliphatic rings. The van der Waals surface area contributed by atoms with Crippen molar-refractivity contribution in [2.24, 2.45) is 11.7 Å². The molecule has 5 heteroatoms. The van der Waals surface area contributed by atoms with Gasteiger partial charge in [-0.2, -0.15) is 0 Å². The number of urea groups is 1. The van der Waals surface area contributed by atoms with Crippen LogP contribution in [-0.2, 0) is 0 Å². The standard InChI is InChI=1S/C11H23N3OS/c1-5-13(6-2)11(15)14(7-3)8-9(4)10(12)16/h9H,5-8H2,1-4H3,(H2,12,16). The van der Waals surface area contributed by atoms with E-state index in [1.807, 2.05) is 27.7 Å². The van der Waals surface area contributed by atoms with Crippen molar-refractivity contribution in [1.82, 2.24) is 9.80 Å². The molecule has 4 nitrogen and oxygen atoms in total. The molecule has 2 N–H and O–H groups in total. The van der Waals surface area contributed by atoms with Crippen molar-refractivity contribution in [2.75, 3.05) is 26.2 Å². The average Bonchev–Trinajstić information content (AvgIpc) is 2.26. The first-order valence-electron chi connectivity index (χ1n) is 5.80. The lowest BCUT2D eigenvalue weighted by Gasteiger charge is -2.30. The summed E-state index contributed by atoms with van der Waals surface area (Å²) in [7, 11) is 0. The summed E-state index contributed by atoms with van der Waals surface area (Å²) in [5, 5.41) is 0. The van der Waals surface area contributed by atoms with Gasteiger partial charge in [0.2, 0.25) is 0 Å². The number of hydrogen-bond donors (Lipinski definition) is 1. The van der Waals surface area contributed by atoms with Gasteiger partial charge in [0.25, 0.3) is 0 Å². The van der Waals surface area contributed by atoms with E-state index in [2.05, 4.69) is 0 Å². The number of carbonyl (C=O) groups is 1. The van der Waals surface area contributed by atoms with Crippen molar-refractivity contribution in [3.8, 4) is 0 Å². The van der Waals surface area contributed by atoms with Crippen LogP contribution in [0.15, 0.2) is 0 Å². The molecule has 0 aliphatic heterocycles. The van der Waals surface area contributed by atoms with Crippen LogP contribution in [0.1, 0.15) is 27.7 Å². The van der Waals surface area contributed by atoms with Gasteiger partial charge in [-0.15, -0.1) is 0 Å². The number of rotatable bonds is 6. The first-order valence-corrected chi connectivity index (χ1v) is 6.21. The van der Waals surface area contributed by atoms with E-state index in [4.69, 9.17) is 18.0 Å². The summed E-state index contributed by atoms with van der Waals surface area (Å²) in [5.41, 5.74) is 5.56. The summed E-state index contributed by atoms with van der Waals surface area (Å²) in [6.45, 7) is 10.6. The van der Waals surface area contributed by atoms with E-state index in [9.17, 15) is 4.79 Å². The highest BCUT2D eigenvalue weighted by atomic mass is 32.1. The molecule has 0 saturated carbocycles. The predicted molar refractivity (Wildman–Crippen MR) is 71.5 cm³/mol. The second kappa shape index (κ2) is 7.44. The minimum absolute atomic E-state index is 0.0643. The molecular weight excluding hydrogens is 222 g/mol. The van der Waals surface area contributed by atoms with Crippen molar-refractivity contribution in [2.45, 2.75) is 27.7 Å². The fraction of sp³-hybridized carbons (Fsp3) is 0.818. The molecule has 0 radical (unpaired) electrons. The molecule has 0 aromatic heterocycles. The molecule has 0 spiro atoms. The van der Waals surface area contributed by atoms with Gasteiger partial charge in [0, 0.05) is 32.1 Å². The maximum Gasteiger partial charge on any atom is 0.319 e. The first-order chi connectivity index (χ1) is 7.47. The van der Waals surface area contributed by atoms with E-state index in [0.29, 0.717) is 18.1 Å². The average molecular weight is 245 g/mol. The number of carbonyl (C=O) groups excluding carboxylic acids is 1. The third kappa shape index (κ3) is 4.35. The van der Waals surface area contributed by atoms with E-state index >= 15 is 0 Å². The SMILES string of the molecule is CCN(CC)C(=O)N(CC)CC(C)C(N)=S. The van der Waals surface area contributed by atoms with Crippen molar-refractivity contribution >= 4 is 23.2 Å². The molecule has 0 aliphatic carbocycles. The molecule has 0 aromatic carbocycles. The Balaban J connectivity index is 4.48. The lowest BCUT2D eigenvalue weighted by atomic mass is 10.1. The third-order valence-electron chi connectivity index (χ3n) is 2.67. The van der Waals surface area contributed by atoms with Crippen LogP contribution in [0.2, 0.25) is 0 Å². The molecule has 0 rings (SSSR count). The number of thiocarbonyl (C=S) groups is 1. The largest absolute Gasteiger partial charge is 0.393 e. The summed E-state index contributed by atoms with van der Waals surface area (Å²) < 4.78 is 0. The summed E-state index contributed by atoms with van der Waals surface area (Å²) in [6.07, 6.45) is 0. The minimum Gasteiger partial charge on any atom is -0.393 e. The summed E-state index contributed by atoms with van der Waals surface area (Å²) in [6, 6.07) is 0.0654. The van der Waals surface area contributed by atoms with Gasteiger partial charge >= 0.3 is 6.03 Å². The van der Waals surface area contributed by atoms with E-state index < -0.39 is 0 Å². The molecular formula is C11H23N3OS. The molecule has 1 atom stereocenters. The molecule has 0 heterocycles. The normalized spacial score (nSPS) is 12.0. The van der Waals surface area contributed by atoms with Crippen LogP contribution < -0.4 is 5.73 Å². The Morgan fingerprint density at radius 3 is 1.94 bits per heavy atom. The summed E-state index contributed by atoms with van der Waals surface area (Å²) in [4.78, 5) is 16.1. The van der Waals surface area contributed by atoms with Crippen LogP contribution in [0.4, 0.5) is 4.79 Å². The van der Waals surface area contributed by atoms with Crippen molar-refractivity contribution < 1.29 is 4.79 Å². The Kier molecular flexibility index (Phi) is 7.05. The Morgan fingerprint density at radius 2 is 1.62 bits per heavy atom. The van der Waals surface area contributed by atoms with Crippen LogP contribution >= 0.6 is 12.2 Å². The number of nitrogens with zero attached hydrogens (tertiary/aromatic N) is 2. The first kappa shape index (κ1) is 15.2. The number of amides is 2. The predicted octanol–water partition coefficient (Wildman–Crippen LogP) is 1.69. The Bertz CT molecular complexity index is 241. The fourth-order valence-electron chi connectivity index (χ4n) is 1.46. The highest BCUT2D eigenvalue weighted by Gasteiger charge is 2.19. The molecule has 0 bridgehead atoms. The molecule has 0 fully saturated rings. The van der Waals surface area contributed by atoms with Crippen LogP contribution in [0, 0.1) is 5.92 Å². The van der Waals surface area contributed by atoms with Crippen molar-refractivity contribution in [3.63, 3.8) is 0 Å². The highest BCUT2D eigenvalue weighted by Crippen LogP contribution is 2.04. The monoisotopic (exact) mass is 245 g/mol. The highest BCUT2D eigenvalue weighted by molar-refractivity contribution is 7.80. The van der Waals surface area contributed by atoms with Gasteiger partial charge in [-0.05, 0) is 20.8 Å². The Labute approximate surface area is 104 Å². The molecule has 0 saturated heterocycles. The number of hydrogen-bond acceptors (Lipinski definition) is 2. The van der Waals surface area contributed by atoms with E-state index in [-0.39, 0.29) is 11.9 Å². The maximum absolute atomic E-state index is 12.1. The molecule has 16 heavy (non-hydrogen) atoms. The van der Waals surface area contributed by atoms with E-state index in [0.717, 1.165) is 13.1 Å². The van der Waals surface area contributed by atoms with Gasteiger partial charge in [0.1, 0.15) is 0 Å². The van der Waals surface area contributed by atoms with Crippen LogP contribution in [0.3, 0.4) is 0 Å². The smallest absolute Gasteiger partial charge is 0.319 e. The van der Waals surface area contributed by atoms with Gasteiger partial charge in [-0.1, -0.05) is 19.1 Å². The van der Waals surface area contributed by atoms with Crippen molar-refractivity contribution in [1.29, 1.82) is 0 Å². The zero-order chi connectivity index (χ0) is 12.7. The van der Waals surface area contributed by atoms with Crippen LogP contribution in [-0.4, -0.2) is 47.0 Å². The van der Waals surface area contributed by atoms with E-state index in [1.165, 1.54) is 0 Å². The Morgan fingerprint density at radius 1 is 1.19 bits per heavy atom. The zero-order valence-electron chi connectivity index (χ0n) is 10.7. The van der Waals surface area contributed by atoms with Crippen LogP contribution in [0.5, 0.6) is 0 Å². The second-order valence-electron chi connectivity index (χ2n) is 3.80. The van der Waals surface area contributed by atoms with Crippen LogP contribution in [0.25, 0.3) is 0 Å². The van der Waals surface area contributed by atoms with Gasteiger partial charge in [-0.3, -0.25) is 0 Å². The summed E-state index contributed by atoms with van der Waals surface area (Å²) >= 11 is 4.92. The lowest BCUT2D eigenvalue weighted by molar-refractivity contribution is 0.157. The lowest BCUT2D eigenvalue weighted by Crippen LogP contribution is -2.46. The zero-order valence-corrected chi connectivity index (χ0v) is 11.5. The third-order valence-corrected chi connectivity index (χ3v) is 3.07. The quantitative estimate of drug-likeness (QED) is 0.725. The van der Waals surface area contributed by atoms with Gasteiger partial charge in [0.05, 0.1) is 4.99 Å². The summed E-state index contributed by atoms with van der Waals surface area (Å²) in [5.74, 6) is 0.0643. The topological polar surface area (TPSA) is 49.6 Å². The maximum atomic E-state index is 12.1. The molecule has 2 amide bonds. The van der Waals surface area contributed by atoms with Gasteiger partial charge < -0.3 is 15.5 Å². The minimum atomic E-state index is 0.0643. The molecule has 1 unspecified atom stereocenters. The van der Waals surface area contributed by atoms with E-state index in [1.54, 1.807) is 9.80 Å². The van der Waals surface area contributed by atoms with Crippen molar-refractivity contribution in [3.05, 3.63) is 0 Å². The number of nitrogens with two attached hydrogens (primary N) is 1. The van der Waals surface area contributed by atoms with Gasteiger partial charge in [-0.25, -0.2) is 4.79 Å².